The summed E-state index contributed by atoms with van der Waals surface area (Å²) in [5.41, 5.74) is 11.8. The lowest BCUT2D eigenvalue weighted by atomic mass is 9.89. The number of benzene rings is 4. The molecule has 0 atom stereocenters. The molecule has 0 unspecified atom stereocenters. The first-order valence-corrected chi connectivity index (χ1v) is 11.6. The van der Waals surface area contributed by atoms with E-state index in [4.69, 9.17) is 5.73 Å². The maximum absolute atomic E-state index is 9.34. The molecule has 0 amide bonds. The van der Waals surface area contributed by atoms with Gasteiger partial charge in [0.05, 0.1) is 23.4 Å². The van der Waals surface area contributed by atoms with Gasteiger partial charge in [-0.3, -0.25) is 4.98 Å². The Bertz CT molecular complexity index is 1750. The van der Waals surface area contributed by atoms with Crippen molar-refractivity contribution in [3.63, 3.8) is 0 Å². The van der Waals surface area contributed by atoms with E-state index in [2.05, 4.69) is 71.7 Å². The summed E-state index contributed by atoms with van der Waals surface area (Å²) in [7, 11) is 0. The topological polar surface area (TPSA) is 86.5 Å². The van der Waals surface area contributed by atoms with E-state index in [9.17, 15) is 10.5 Å². The molecule has 5 aromatic rings. The number of hydrogen-bond donors (Lipinski definition) is 1. The van der Waals surface area contributed by atoms with E-state index in [-0.39, 0.29) is 0 Å². The average Bonchev–Trinajstić information content (AvgIpc) is 2.94. The summed E-state index contributed by atoms with van der Waals surface area (Å²) in [5, 5.41) is 23.2. The van der Waals surface area contributed by atoms with Gasteiger partial charge in [-0.05, 0) is 69.1 Å². The number of nitriles is 2. The average molecular weight is 463 g/mol. The quantitative estimate of drug-likeness (QED) is 0.224. The van der Waals surface area contributed by atoms with E-state index in [1.165, 1.54) is 6.20 Å². The maximum atomic E-state index is 9.34. The second kappa shape index (κ2) is 9.97. The van der Waals surface area contributed by atoms with Gasteiger partial charge in [0.1, 0.15) is 0 Å². The van der Waals surface area contributed by atoms with Gasteiger partial charge in [0.25, 0.3) is 0 Å². The molecule has 1 heterocycles. The maximum Gasteiger partial charge on any atom is 0.0992 e. The zero-order valence-corrected chi connectivity index (χ0v) is 19.5. The fourth-order valence-corrected chi connectivity index (χ4v) is 4.65. The molecule has 0 aliphatic heterocycles. The Kier molecular flexibility index (Phi) is 6.26. The van der Waals surface area contributed by atoms with Crippen molar-refractivity contribution < 1.29 is 0 Å². The smallest absolute Gasteiger partial charge is 0.0992 e. The van der Waals surface area contributed by atoms with Gasteiger partial charge in [0, 0.05) is 17.3 Å². The number of hydrogen-bond acceptors (Lipinski definition) is 4. The van der Waals surface area contributed by atoms with Crippen LogP contribution in [0.2, 0.25) is 0 Å². The van der Waals surface area contributed by atoms with Crippen LogP contribution in [0.25, 0.3) is 43.9 Å². The summed E-state index contributed by atoms with van der Waals surface area (Å²) < 4.78 is 0. The lowest BCUT2D eigenvalue weighted by Gasteiger charge is -2.15. The highest BCUT2D eigenvalue weighted by Crippen LogP contribution is 2.38. The molecule has 0 saturated heterocycles. The van der Waals surface area contributed by atoms with Gasteiger partial charge < -0.3 is 5.73 Å². The Labute approximate surface area is 209 Å². The van der Waals surface area contributed by atoms with Crippen molar-refractivity contribution >= 4 is 21.5 Å². The van der Waals surface area contributed by atoms with Crippen LogP contribution >= 0.6 is 0 Å². The summed E-state index contributed by atoms with van der Waals surface area (Å²) in [6.45, 7) is 0. The van der Waals surface area contributed by atoms with Gasteiger partial charge in [-0.2, -0.15) is 10.5 Å². The molecule has 0 aliphatic carbocycles. The van der Waals surface area contributed by atoms with E-state index in [1.54, 1.807) is 18.3 Å². The van der Waals surface area contributed by atoms with Crippen LogP contribution in [0.4, 0.5) is 0 Å². The molecule has 5 rings (SSSR count). The number of fused-ring (bicyclic) bond motifs is 2. The zero-order valence-electron chi connectivity index (χ0n) is 19.5. The number of nitrogens with zero attached hydrogens (tertiary/aromatic N) is 3. The normalized spacial score (nSPS) is 11.6. The van der Waals surface area contributed by atoms with Crippen LogP contribution < -0.4 is 5.73 Å². The molecule has 4 nitrogen and oxygen atoms in total. The predicted molar refractivity (Wildman–Crippen MR) is 146 cm³/mol. The van der Waals surface area contributed by atoms with Gasteiger partial charge >= 0.3 is 0 Å². The highest BCUT2D eigenvalue weighted by molar-refractivity contribution is 6.09. The van der Waals surface area contributed by atoms with Crippen molar-refractivity contribution in [3.8, 4) is 34.5 Å². The number of aromatic nitrogens is 1. The standard InChI is InChI=1S/C32H22N4/c33-17-15-22(20-34)9-10-24-11-12-29(26-6-2-1-5-25(24)26)30-13-14-31(28-8-4-3-7-27(28)30)32-19-23(21-35)16-18-36-32/h1-9,11-19H,10,33H2/b17-15-,22-9+. The third kappa shape index (κ3) is 4.20. The SMILES string of the molecule is N#CC(/C=C\N)=C/Cc1ccc(-c2ccc(-c3cc(C#N)ccn3)c3ccccc23)c2ccccc12. The first-order valence-electron chi connectivity index (χ1n) is 11.6. The molecule has 36 heavy (non-hydrogen) atoms. The van der Waals surface area contributed by atoms with Crippen LogP contribution in [0.3, 0.4) is 0 Å². The fourth-order valence-electron chi connectivity index (χ4n) is 4.65. The summed E-state index contributed by atoms with van der Waals surface area (Å²) in [6, 6.07) is 33.1. The second-order valence-corrected chi connectivity index (χ2v) is 8.40. The van der Waals surface area contributed by atoms with E-state index < -0.39 is 0 Å². The molecule has 4 heteroatoms. The molecule has 0 aliphatic rings. The van der Waals surface area contributed by atoms with Crippen LogP contribution in [0, 0.1) is 22.7 Å². The third-order valence-electron chi connectivity index (χ3n) is 6.34. The van der Waals surface area contributed by atoms with Crippen molar-refractivity contribution in [2.45, 2.75) is 6.42 Å². The van der Waals surface area contributed by atoms with Crippen LogP contribution in [0.1, 0.15) is 11.1 Å². The summed E-state index contributed by atoms with van der Waals surface area (Å²) >= 11 is 0. The Hall–Kier alpha value is -5.19. The molecule has 0 spiro atoms. The van der Waals surface area contributed by atoms with E-state index in [0.717, 1.165) is 49.5 Å². The zero-order chi connectivity index (χ0) is 24.9. The fraction of sp³-hybridized carbons (Fsp3) is 0.0312. The number of rotatable bonds is 5. The van der Waals surface area contributed by atoms with Crippen molar-refractivity contribution in [2.24, 2.45) is 5.73 Å². The van der Waals surface area contributed by atoms with Gasteiger partial charge in [-0.25, -0.2) is 0 Å². The third-order valence-corrected chi connectivity index (χ3v) is 6.34. The van der Waals surface area contributed by atoms with Crippen molar-refractivity contribution in [1.82, 2.24) is 4.98 Å². The monoisotopic (exact) mass is 462 g/mol. The van der Waals surface area contributed by atoms with Crippen molar-refractivity contribution in [1.29, 1.82) is 10.5 Å². The molecule has 4 aromatic carbocycles. The largest absolute Gasteiger partial charge is 0.405 e. The minimum Gasteiger partial charge on any atom is -0.405 e. The Morgan fingerprint density at radius 3 is 2.06 bits per heavy atom. The van der Waals surface area contributed by atoms with Crippen LogP contribution in [0.15, 0.2) is 115 Å². The number of allylic oxidation sites excluding steroid dienone is 3. The highest BCUT2D eigenvalue weighted by Gasteiger charge is 2.13. The minimum atomic E-state index is 0.543. The molecular weight excluding hydrogens is 440 g/mol. The van der Waals surface area contributed by atoms with Crippen molar-refractivity contribution in [3.05, 3.63) is 126 Å². The van der Waals surface area contributed by atoms with Gasteiger partial charge in [-0.15, -0.1) is 0 Å². The molecular formula is C32H22N4. The highest BCUT2D eigenvalue weighted by atomic mass is 14.7. The summed E-state index contributed by atoms with van der Waals surface area (Å²) in [4.78, 5) is 4.53. The van der Waals surface area contributed by atoms with Gasteiger partial charge in [-0.1, -0.05) is 78.9 Å². The van der Waals surface area contributed by atoms with Gasteiger partial charge in [0.2, 0.25) is 0 Å². The van der Waals surface area contributed by atoms with Crippen LogP contribution in [-0.4, -0.2) is 4.98 Å². The molecule has 2 N–H and O–H groups in total. The van der Waals surface area contributed by atoms with Crippen molar-refractivity contribution in [2.75, 3.05) is 0 Å². The Morgan fingerprint density at radius 2 is 1.39 bits per heavy atom. The first-order chi connectivity index (χ1) is 17.7. The molecule has 0 fully saturated rings. The molecule has 170 valence electrons. The molecule has 0 radical (unpaired) electrons. The Balaban J connectivity index is 1.68. The predicted octanol–water partition coefficient (Wildman–Crippen LogP) is 7.06. The second-order valence-electron chi connectivity index (χ2n) is 8.40. The molecule has 0 bridgehead atoms. The van der Waals surface area contributed by atoms with E-state index in [1.807, 2.05) is 30.3 Å². The Morgan fingerprint density at radius 1 is 0.778 bits per heavy atom. The van der Waals surface area contributed by atoms with E-state index >= 15 is 0 Å². The minimum absolute atomic E-state index is 0.543. The van der Waals surface area contributed by atoms with E-state index in [0.29, 0.717) is 17.6 Å². The van der Waals surface area contributed by atoms with Crippen LogP contribution in [-0.2, 0) is 6.42 Å². The first kappa shape index (κ1) is 22.6. The number of nitrogens with two attached hydrogens (primary N) is 1. The lowest BCUT2D eigenvalue weighted by molar-refractivity contribution is 1.28. The lowest BCUT2D eigenvalue weighted by Crippen LogP contribution is -1.92. The summed E-state index contributed by atoms with van der Waals surface area (Å²) in [6.07, 6.45) is 7.22. The molecule has 0 saturated carbocycles. The van der Waals surface area contributed by atoms with Gasteiger partial charge in [0.15, 0.2) is 0 Å². The number of pyridine rings is 1. The molecule has 1 aromatic heterocycles. The van der Waals surface area contributed by atoms with Crippen LogP contribution in [0.5, 0.6) is 0 Å². The summed E-state index contributed by atoms with van der Waals surface area (Å²) in [5.74, 6) is 0.